The molecule has 2 heterocycles. The Morgan fingerprint density at radius 3 is 1.19 bits per heavy atom. The Kier molecular flexibility index (Phi) is 6.74. The van der Waals surface area contributed by atoms with Gasteiger partial charge in [-0.3, -0.25) is 0 Å². The first-order valence-corrected chi connectivity index (χ1v) is 23.1. The van der Waals surface area contributed by atoms with E-state index in [2.05, 4.69) is 80.3 Å². The van der Waals surface area contributed by atoms with Crippen molar-refractivity contribution in [1.82, 2.24) is 6.24 Å². The Bertz CT molecular complexity index is 488. The van der Waals surface area contributed by atoms with E-state index in [0.717, 1.165) is 38.5 Å². The number of piperidine rings is 2. The average molecular weight is 609 g/mol. The third-order valence-electron chi connectivity index (χ3n) is 6.69. The summed E-state index contributed by atoms with van der Waals surface area (Å²) in [5, 5.41) is 0. The first-order chi connectivity index (χ1) is 11.9. The minimum atomic E-state index is -4.13. The van der Waals surface area contributed by atoms with E-state index in [1.165, 1.54) is 0 Å². The summed E-state index contributed by atoms with van der Waals surface area (Å²) >= 11 is -1.75. The van der Waals surface area contributed by atoms with Gasteiger partial charge in [-0.05, 0) is 0 Å². The molecule has 2 aliphatic heterocycles. The molecule has 0 unspecified atom stereocenters. The fourth-order valence-electron chi connectivity index (χ4n) is 6.36. The summed E-state index contributed by atoms with van der Waals surface area (Å²) in [7, 11) is 0. The van der Waals surface area contributed by atoms with Crippen LogP contribution in [0.5, 0.6) is 0 Å². The third kappa shape index (κ3) is 4.94. The fraction of sp³-hybridized carbons (Fsp3) is 1.00. The summed E-state index contributed by atoms with van der Waals surface area (Å²) in [6, 6.07) is 0. The van der Waals surface area contributed by atoms with Gasteiger partial charge in [-0.25, -0.2) is 0 Å². The predicted octanol–water partition coefficient (Wildman–Crippen LogP) is 7.01. The van der Waals surface area contributed by atoms with Gasteiger partial charge in [-0.1, -0.05) is 0 Å². The first kappa shape index (κ1) is 24.5. The molecule has 0 amide bonds. The zero-order valence-corrected chi connectivity index (χ0v) is 23.4. The molecule has 2 nitrogen and oxygen atoms in total. The van der Waals surface area contributed by atoms with Gasteiger partial charge >= 0.3 is 180 Å². The normalized spacial score (nSPS) is 28.9. The van der Waals surface area contributed by atoms with Gasteiger partial charge in [0.2, 0.25) is 0 Å². The van der Waals surface area contributed by atoms with E-state index in [0.29, 0.717) is 0 Å². The van der Waals surface area contributed by atoms with E-state index in [-0.39, 0.29) is 22.2 Å². The third-order valence-corrected chi connectivity index (χ3v) is 29.0. The number of halogens is 4. The summed E-state index contributed by atoms with van der Waals surface area (Å²) in [5.74, 6) is 0. The SMILES string of the molecule is CC1(C)CCCC(C)(C)[N]1[Sn]([I])([CH2]C(F)(F)F)[N]1C(C)(C)CCCC1(C)C. The van der Waals surface area contributed by atoms with Gasteiger partial charge in [0.15, 0.2) is 0 Å². The number of hydrogen-bond acceptors (Lipinski definition) is 2. The van der Waals surface area contributed by atoms with Crippen molar-refractivity contribution in [2.24, 2.45) is 0 Å². The zero-order chi connectivity index (χ0) is 21.1. The predicted molar refractivity (Wildman–Crippen MR) is 118 cm³/mol. The van der Waals surface area contributed by atoms with Gasteiger partial charge in [-0.15, -0.1) is 0 Å². The molecule has 0 N–H and O–H groups in total. The van der Waals surface area contributed by atoms with Gasteiger partial charge in [0, 0.05) is 0 Å². The van der Waals surface area contributed by atoms with Crippen LogP contribution in [-0.4, -0.2) is 49.5 Å². The van der Waals surface area contributed by atoms with Crippen molar-refractivity contribution in [3.8, 4) is 0 Å². The zero-order valence-electron chi connectivity index (χ0n) is 18.4. The number of hydrogen-bond donors (Lipinski definition) is 0. The van der Waals surface area contributed by atoms with Crippen LogP contribution in [0, 0.1) is 0 Å². The molecule has 0 aromatic heterocycles. The van der Waals surface area contributed by atoms with Crippen molar-refractivity contribution in [3.63, 3.8) is 0 Å². The summed E-state index contributed by atoms with van der Waals surface area (Å²) < 4.78 is 46.4. The van der Waals surface area contributed by atoms with Crippen molar-refractivity contribution in [1.29, 1.82) is 0 Å². The molecule has 0 radical (unpaired) electrons. The van der Waals surface area contributed by atoms with Crippen molar-refractivity contribution in [2.75, 3.05) is 0 Å². The molecule has 27 heavy (non-hydrogen) atoms. The molecule has 2 aliphatic rings. The first-order valence-electron chi connectivity index (χ1n) is 10.2. The Hall–Kier alpha value is 1.24. The van der Waals surface area contributed by atoms with E-state index in [4.69, 9.17) is 0 Å². The average Bonchev–Trinajstić information content (AvgIpc) is 2.29. The fourth-order valence-corrected chi connectivity index (χ4v) is 41.6. The quantitative estimate of drug-likeness (QED) is 0.251. The van der Waals surface area contributed by atoms with E-state index in [9.17, 15) is 13.2 Å². The molecule has 7 heteroatoms. The molecule has 160 valence electrons. The minimum absolute atomic E-state index is 0.201. The van der Waals surface area contributed by atoms with Crippen molar-refractivity contribution < 1.29 is 13.2 Å². The maximum absolute atomic E-state index is 14.1. The van der Waals surface area contributed by atoms with Crippen LogP contribution in [-0.2, 0) is 0 Å². The van der Waals surface area contributed by atoms with Gasteiger partial charge < -0.3 is 0 Å². The molecule has 2 fully saturated rings. The second-order valence-corrected chi connectivity index (χ2v) is 30.4. The monoisotopic (exact) mass is 610 g/mol. The van der Waals surface area contributed by atoms with E-state index >= 15 is 0 Å². The molecular weight excluding hydrogens is 571 g/mol. The molecule has 0 aromatic rings. The van der Waals surface area contributed by atoms with E-state index < -0.39 is 25.6 Å². The summed E-state index contributed by atoms with van der Waals surface area (Å²) in [6.45, 7) is 17.4. The summed E-state index contributed by atoms with van der Waals surface area (Å²) in [5.41, 5.74) is -0.802. The van der Waals surface area contributed by atoms with E-state index in [1.54, 1.807) is 0 Å². The molecule has 2 rings (SSSR count). The van der Waals surface area contributed by atoms with Crippen molar-refractivity contribution in [2.45, 2.75) is 127 Å². The van der Waals surface area contributed by atoms with Crippen LogP contribution in [0.4, 0.5) is 13.2 Å². The maximum atomic E-state index is 14.1. The van der Waals surface area contributed by atoms with Gasteiger partial charge in [0.25, 0.3) is 0 Å². The summed E-state index contributed by atoms with van der Waals surface area (Å²) in [4.78, 5) is 0. The van der Waals surface area contributed by atoms with Crippen molar-refractivity contribution in [3.05, 3.63) is 0 Å². The molecule has 0 bridgehead atoms. The van der Waals surface area contributed by atoms with Crippen LogP contribution < -0.4 is 0 Å². The molecule has 0 aliphatic carbocycles. The number of nitrogens with zero attached hydrogens (tertiary/aromatic N) is 2. The van der Waals surface area contributed by atoms with Crippen LogP contribution in [0.1, 0.15) is 93.9 Å². The molecule has 0 spiro atoms. The Labute approximate surface area is 178 Å². The Morgan fingerprint density at radius 2 is 0.963 bits per heavy atom. The second kappa shape index (κ2) is 7.43. The molecule has 0 atom stereocenters. The molecule has 2 saturated heterocycles. The van der Waals surface area contributed by atoms with Crippen LogP contribution in [0.15, 0.2) is 0 Å². The molecule has 0 saturated carbocycles. The second-order valence-electron chi connectivity index (χ2n) is 11.1. The van der Waals surface area contributed by atoms with Gasteiger partial charge in [0.1, 0.15) is 0 Å². The van der Waals surface area contributed by atoms with Crippen LogP contribution in [0.25, 0.3) is 0 Å². The van der Waals surface area contributed by atoms with E-state index in [1.807, 2.05) is 0 Å². The Balaban J connectivity index is 2.71. The number of alkyl halides is 3. The Morgan fingerprint density at radius 1 is 0.704 bits per heavy atom. The molecular formula is C20H38F3IN2Sn. The van der Waals surface area contributed by atoms with Crippen LogP contribution in [0.2, 0.25) is 4.44 Å². The van der Waals surface area contributed by atoms with Gasteiger partial charge in [-0.2, -0.15) is 0 Å². The summed E-state index contributed by atoms with van der Waals surface area (Å²) in [6.07, 6.45) is 1.96. The van der Waals surface area contributed by atoms with Crippen LogP contribution >= 0.6 is 18.6 Å². The van der Waals surface area contributed by atoms with Gasteiger partial charge in [0.05, 0.1) is 0 Å². The number of rotatable bonds is 3. The van der Waals surface area contributed by atoms with Crippen molar-refractivity contribution >= 4 is 33.6 Å². The topological polar surface area (TPSA) is 6.48 Å². The molecule has 0 aromatic carbocycles. The standard InChI is InChI=1S/2C9H18N.C2H2F3.HI.Sn/c2*1-8(2)6-5-7-9(3,4)10-8;1-2(3,4)5;;/h2*5-7H2,1-4H3;1H2;1H;/q2*-1;;;+3/p-1. The van der Waals surface area contributed by atoms with Crippen LogP contribution in [0.3, 0.4) is 0 Å².